The molecule has 0 atom stereocenters. The Labute approximate surface area is 117 Å². The van der Waals surface area contributed by atoms with E-state index in [1.165, 1.54) is 6.07 Å². The molecule has 102 valence electrons. The second-order valence-corrected chi connectivity index (χ2v) is 4.82. The molecule has 0 aliphatic heterocycles. The standard InChI is InChI=1S/C14H17ClFN3/c1-3-7-17-8-11-9-18-19(10(11)2)14-12(15)5-4-6-13(14)16/h4-6,9,17H,3,7-8H2,1-2H3. The van der Waals surface area contributed by atoms with Crippen molar-refractivity contribution in [2.75, 3.05) is 6.54 Å². The maximum Gasteiger partial charge on any atom is 0.150 e. The van der Waals surface area contributed by atoms with E-state index in [2.05, 4.69) is 17.3 Å². The summed E-state index contributed by atoms with van der Waals surface area (Å²) in [6.07, 6.45) is 2.83. The molecule has 1 aromatic heterocycles. The molecule has 19 heavy (non-hydrogen) atoms. The molecule has 1 N–H and O–H groups in total. The average Bonchev–Trinajstić information content (AvgIpc) is 2.72. The summed E-state index contributed by atoms with van der Waals surface area (Å²) in [6.45, 7) is 5.71. The van der Waals surface area contributed by atoms with Crippen LogP contribution in [0.2, 0.25) is 5.02 Å². The quantitative estimate of drug-likeness (QED) is 0.851. The molecule has 0 spiro atoms. The third-order valence-corrected chi connectivity index (χ3v) is 3.31. The van der Waals surface area contributed by atoms with Gasteiger partial charge < -0.3 is 5.32 Å². The number of nitrogens with zero attached hydrogens (tertiary/aromatic N) is 2. The summed E-state index contributed by atoms with van der Waals surface area (Å²) >= 11 is 6.06. The van der Waals surface area contributed by atoms with Crippen LogP contribution in [0.4, 0.5) is 4.39 Å². The van der Waals surface area contributed by atoms with Gasteiger partial charge in [0, 0.05) is 17.8 Å². The molecule has 3 nitrogen and oxygen atoms in total. The van der Waals surface area contributed by atoms with Crippen LogP contribution in [-0.2, 0) is 6.54 Å². The predicted molar refractivity (Wildman–Crippen MR) is 75.3 cm³/mol. The summed E-state index contributed by atoms with van der Waals surface area (Å²) in [5.74, 6) is -0.369. The molecular formula is C14H17ClFN3. The second-order valence-electron chi connectivity index (χ2n) is 4.41. The van der Waals surface area contributed by atoms with Crippen LogP contribution in [-0.4, -0.2) is 16.3 Å². The highest BCUT2D eigenvalue weighted by Crippen LogP contribution is 2.25. The molecule has 0 aliphatic carbocycles. The average molecular weight is 282 g/mol. The predicted octanol–water partition coefficient (Wildman–Crippen LogP) is 3.47. The highest BCUT2D eigenvalue weighted by atomic mass is 35.5. The van der Waals surface area contributed by atoms with Gasteiger partial charge in [-0.25, -0.2) is 9.07 Å². The lowest BCUT2D eigenvalue weighted by Crippen LogP contribution is -2.14. The molecular weight excluding hydrogens is 265 g/mol. The van der Waals surface area contributed by atoms with E-state index in [0.29, 0.717) is 10.7 Å². The fourth-order valence-corrected chi connectivity index (χ4v) is 2.18. The Morgan fingerprint density at radius 3 is 2.89 bits per heavy atom. The van der Waals surface area contributed by atoms with E-state index in [4.69, 9.17) is 11.6 Å². The number of hydrogen-bond acceptors (Lipinski definition) is 2. The lowest BCUT2D eigenvalue weighted by atomic mass is 10.2. The van der Waals surface area contributed by atoms with Crippen LogP contribution >= 0.6 is 11.6 Å². The summed E-state index contributed by atoms with van der Waals surface area (Å²) in [5, 5.41) is 7.91. The molecule has 2 aromatic rings. The van der Waals surface area contributed by atoms with E-state index in [1.54, 1.807) is 23.0 Å². The minimum Gasteiger partial charge on any atom is -0.313 e. The van der Waals surface area contributed by atoms with Crippen molar-refractivity contribution in [3.63, 3.8) is 0 Å². The van der Waals surface area contributed by atoms with Crippen molar-refractivity contribution >= 4 is 11.6 Å². The lowest BCUT2D eigenvalue weighted by Gasteiger charge is -2.09. The zero-order valence-corrected chi connectivity index (χ0v) is 11.8. The van der Waals surface area contributed by atoms with Gasteiger partial charge in [-0.2, -0.15) is 5.10 Å². The van der Waals surface area contributed by atoms with E-state index < -0.39 is 0 Å². The Morgan fingerprint density at radius 1 is 1.42 bits per heavy atom. The minimum atomic E-state index is -0.369. The van der Waals surface area contributed by atoms with Crippen molar-refractivity contribution < 1.29 is 4.39 Å². The van der Waals surface area contributed by atoms with Crippen molar-refractivity contribution in [3.8, 4) is 5.69 Å². The highest BCUT2D eigenvalue weighted by molar-refractivity contribution is 6.32. The van der Waals surface area contributed by atoms with Crippen molar-refractivity contribution in [2.45, 2.75) is 26.8 Å². The third kappa shape index (κ3) is 2.96. The first-order valence-electron chi connectivity index (χ1n) is 6.33. The van der Waals surface area contributed by atoms with Crippen LogP contribution in [0, 0.1) is 12.7 Å². The van der Waals surface area contributed by atoms with Gasteiger partial charge in [0.25, 0.3) is 0 Å². The highest BCUT2D eigenvalue weighted by Gasteiger charge is 2.14. The van der Waals surface area contributed by atoms with Gasteiger partial charge in [-0.1, -0.05) is 24.6 Å². The van der Waals surface area contributed by atoms with Gasteiger partial charge in [-0.05, 0) is 32.0 Å². The molecule has 0 bridgehead atoms. The van der Waals surface area contributed by atoms with Gasteiger partial charge in [0.1, 0.15) is 11.5 Å². The molecule has 5 heteroatoms. The van der Waals surface area contributed by atoms with E-state index in [-0.39, 0.29) is 5.82 Å². The largest absolute Gasteiger partial charge is 0.313 e. The van der Waals surface area contributed by atoms with Crippen LogP contribution in [0.1, 0.15) is 24.6 Å². The van der Waals surface area contributed by atoms with Gasteiger partial charge in [0.05, 0.1) is 11.2 Å². The SMILES string of the molecule is CCCNCc1cnn(-c2c(F)cccc2Cl)c1C. The first kappa shape index (κ1) is 14.0. The summed E-state index contributed by atoms with van der Waals surface area (Å²) < 4.78 is 15.4. The number of rotatable bonds is 5. The van der Waals surface area contributed by atoms with Gasteiger partial charge in [0.15, 0.2) is 0 Å². The van der Waals surface area contributed by atoms with Crippen LogP contribution in [0.15, 0.2) is 24.4 Å². The van der Waals surface area contributed by atoms with Crippen LogP contribution < -0.4 is 5.32 Å². The summed E-state index contributed by atoms with van der Waals surface area (Å²) in [7, 11) is 0. The smallest absolute Gasteiger partial charge is 0.150 e. The first-order chi connectivity index (χ1) is 9.15. The van der Waals surface area contributed by atoms with Crippen molar-refractivity contribution in [2.24, 2.45) is 0 Å². The molecule has 0 unspecified atom stereocenters. The normalized spacial score (nSPS) is 10.9. The molecule has 0 radical (unpaired) electrons. The van der Waals surface area contributed by atoms with Gasteiger partial charge in [-0.15, -0.1) is 0 Å². The van der Waals surface area contributed by atoms with E-state index in [9.17, 15) is 4.39 Å². The molecule has 0 aliphatic rings. The first-order valence-corrected chi connectivity index (χ1v) is 6.71. The number of para-hydroxylation sites is 1. The maximum atomic E-state index is 13.9. The number of nitrogens with one attached hydrogen (secondary N) is 1. The van der Waals surface area contributed by atoms with Crippen LogP contribution in [0.25, 0.3) is 5.69 Å². The number of benzene rings is 1. The van der Waals surface area contributed by atoms with Crippen molar-refractivity contribution in [1.82, 2.24) is 15.1 Å². The summed E-state index contributed by atoms with van der Waals surface area (Å²) in [5.41, 5.74) is 2.26. The minimum absolute atomic E-state index is 0.309. The summed E-state index contributed by atoms with van der Waals surface area (Å²) in [4.78, 5) is 0. The molecule has 0 fully saturated rings. The van der Waals surface area contributed by atoms with E-state index in [1.807, 2.05) is 6.92 Å². The Hall–Kier alpha value is -1.39. The maximum absolute atomic E-state index is 13.9. The zero-order chi connectivity index (χ0) is 13.8. The molecule has 0 amide bonds. The Kier molecular flexibility index (Phi) is 4.56. The lowest BCUT2D eigenvalue weighted by molar-refractivity contribution is 0.608. The Bertz CT molecular complexity index is 546. The van der Waals surface area contributed by atoms with E-state index in [0.717, 1.165) is 30.8 Å². The van der Waals surface area contributed by atoms with Crippen LogP contribution in [0.3, 0.4) is 0 Å². The van der Waals surface area contributed by atoms with Gasteiger partial charge >= 0.3 is 0 Å². The summed E-state index contributed by atoms with van der Waals surface area (Å²) in [6, 6.07) is 4.64. The Morgan fingerprint density at radius 2 is 2.21 bits per heavy atom. The van der Waals surface area contributed by atoms with Crippen LogP contribution in [0.5, 0.6) is 0 Å². The fraction of sp³-hybridized carbons (Fsp3) is 0.357. The number of aromatic nitrogens is 2. The Balaban J connectivity index is 2.31. The van der Waals surface area contributed by atoms with Gasteiger partial charge in [0.2, 0.25) is 0 Å². The zero-order valence-electron chi connectivity index (χ0n) is 11.1. The van der Waals surface area contributed by atoms with Crippen molar-refractivity contribution in [3.05, 3.63) is 46.5 Å². The number of hydrogen-bond donors (Lipinski definition) is 1. The second kappa shape index (κ2) is 6.17. The van der Waals surface area contributed by atoms with E-state index >= 15 is 0 Å². The fourth-order valence-electron chi connectivity index (χ4n) is 1.93. The molecule has 0 saturated carbocycles. The molecule has 1 heterocycles. The van der Waals surface area contributed by atoms with Gasteiger partial charge in [-0.3, -0.25) is 0 Å². The monoisotopic (exact) mass is 281 g/mol. The third-order valence-electron chi connectivity index (χ3n) is 3.00. The molecule has 0 saturated heterocycles. The van der Waals surface area contributed by atoms with Crippen molar-refractivity contribution in [1.29, 1.82) is 0 Å². The molecule has 1 aromatic carbocycles. The topological polar surface area (TPSA) is 29.9 Å². The number of halogens is 2. The molecule has 2 rings (SSSR count).